The Bertz CT molecular complexity index is 1160. The third-order valence-corrected chi connectivity index (χ3v) is 7.60. The van der Waals surface area contributed by atoms with Gasteiger partial charge in [-0.05, 0) is 49.5 Å². The number of likely N-dealkylation sites (tertiary alicyclic amines) is 1. The number of unbranched alkanes of at least 4 members (excludes halogenated alkanes) is 1. The Hall–Kier alpha value is -2.51. The molecule has 1 fully saturated rings. The van der Waals surface area contributed by atoms with Crippen LogP contribution in [0.5, 0.6) is 5.75 Å². The molecule has 0 radical (unpaired) electrons. The van der Waals surface area contributed by atoms with Gasteiger partial charge in [0.1, 0.15) is 23.5 Å². The van der Waals surface area contributed by atoms with Crippen LogP contribution in [0.4, 0.5) is 8.78 Å². The molecule has 35 heavy (non-hydrogen) atoms. The number of benzene rings is 2. The summed E-state index contributed by atoms with van der Waals surface area (Å²) in [4.78, 5) is 4.55. The number of hydrogen-bond donors (Lipinski definition) is 1. The molecular formula is C28H36F2N4O. The molecule has 2 aliphatic heterocycles. The van der Waals surface area contributed by atoms with E-state index in [4.69, 9.17) is 4.74 Å². The Morgan fingerprint density at radius 1 is 1.17 bits per heavy atom. The molecule has 7 heteroatoms. The van der Waals surface area contributed by atoms with Gasteiger partial charge in [0.2, 0.25) is 0 Å². The van der Waals surface area contributed by atoms with Crippen LogP contribution in [0.1, 0.15) is 62.6 Å². The first kappa shape index (κ1) is 24.2. The van der Waals surface area contributed by atoms with Gasteiger partial charge in [0.25, 0.3) is 0 Å². The summed E-state index contributed by atoms with van der Waals surface area (Å²) in [7, 11) is 2.05. The quantitative estimate of drug-likeness (QED) is 0.448. The molecule has 0 unspecified atom stereocenters. The summed E-state index contributed by atoms with van der Waals surface area (Å²) in [6.07, 6.45) is 4.96. The molecule has 3 heterocycles. The van der Waals surface area contributed by atoms with E-state index in [0.717, 1.165) is 67.5 Å². The van der Waals surface area contributed by atoms with Gasteiger partial charge in [-0.25, -0.2) is 8.78 Å². The summed E-state index contributed by atoms with van der Waals surface area (Å²) >= 11 is 0. The van der Waals surface area contributed by atoms with E-state index >= 15 is 8.78 Å². The van der Waals surface area contributed by atoms with Crippen LogP contribution in [0.25, 0.3) is 10.9 Å². The number of nitrogens with zero attached hydrogens (tertiary/aromatic N) is 3. The van der Waals surface area contributed by atoms with E-state index in [-0.39, 0.29) is 23.5 Å². The van der Waals surface area contributed by atoms with Gasteiger partial charge in [0, 0.05) is 54.7 Å². The second-order valence-electron chi connectivity index (χ2n) is 10.7. The van der Waals surface area contributed by atoms with Gasteiger partial charge in [-0.1, -0.05) is 33.3 Å². The molecule has 0 aliphatic carbocycles. The number of fused-ring (bicyclic) bond motifs is 3. The highest BCUT2D eigenvalue weighted by Gasteiger charge is 2.39. The van der Waals surface area contributed by atoms with Gasteiger partial charge in [-0.15, -0.1) is 0 Å². The van der Waals surface area contributed by atoms with Crippen LogP contribution in [-0.2, 0) is 6.54 Å². The fraction of sp³-hybridized carbons (Fsp3) is 0.536. The van der Waals surface area contributed by atoms with Gasteiger partial charge >= 0.3 is 0 Å². The number of rotatable bonds is 8. The van der Waals surface area contributed by atoms with Crippen molar-refractivity contribution in [3.8, 4) is 5.75 Å². The summed E-state index contributed by atoms with van der Waals surface area (Å²) in [5, 5.41) is 8.23. The minimum Gasteiger partial charge on any atom is -0.488 e. The van der Waals surface area contributed by atoms with Crippen molar-refractivity contribution < 1.29 is 13.5 Å². The van der Waals surface area contributed by atoms with E-state index in [1.165, 1.54) is 12.1 Å². The van der Waals surface area contributed by atoms with E-state index < -0.39 is 17.6 Å². The van der Waals surface area contributed by atoms with Crippen molar-refractivity contribution in [2.75, 3.05) is 26.7 Å². The lowest BCUT2D eigenvalue weighted by Gasteiger charge is -2.42. The Balaban J connectivity index is 1.48. The van der Waals surface area contributed by atoms with E-state index in [0.29, 0.717) is 5.92 Å². The van der Waals surface area contributed by atoms with E-state index in [2.05, 4.69) is 47.8 Å². The number of aromatic amines is 1. The van der Waals surface area contributed by atoms with Crippen LogP contribution in [0, 0.1) is 17.6 Å². The summed E-state index contributed by atoms with van der Waals surface area (Å²) in [5.74, 6) is -0.803. The smallest absolute Gasteiger partial charge is 0.133 e. The highest BCUT2D eigenvalue weighted by molar-refractivity contribution is 5.83. The van der Waals surface area contributed by atoms with Gasteiger partial charge < -0.3 is 4.74 Å². The molecule has 0 saturated carbocycles. The minimum absolute atomic E-state index is 0.0126. The van der Waals surface area contributed by atoms with Crippen LogP contribution >= 0.6 is 0 Å². The summed E-state index contributed by atoms with van der Waals surface area (Å²) in [6.45, 7) is 9.88. The lowest BCUT2D eigenvalue weighted by Crippen LogP contribution is -2.53. The number of aromatic nitrogens is 2. The Morgan fingerprint density at radius 3 is 2.60 bits per heavy atom. The SMILES string of the molecule is CCCCN1CC(Oc2cc(F)c([C@@H]3c4ccc5[nH]ncc5c4CN(C)[C@H]3CC(C)C)c(F)c2)C1. The van der Waals surface area contributed by atoms with Crippen LogP contribution in [0.3, 0.4) is 0 Å². The van der Waals surface area contributed by atoms with Gasteiger partial charge in [0.15, 0.2) is 0 Å². The predicted octanol–water partition coefficient (Wildman–Crippen LogP) is 5.70. The van der Waals surface area contributed by atoms with Crippen LogP contribution in [0.2, 0.25) is 0 Å². The topological polar surface area (TPSA) is 44.4 Å². The molecule has 188 valence electrons. The molecule has 2 aliphatic rings. The lowest BCUT2D eigenvalue weighted by atomic mass is 9.75. The fourth-order valence-electron chi connectivity index (χ4n) is 5.82. The Morgan fingerprint density at radius 2 is 1.91 bits per heavy atom. The van der Waals surface area contributed by atoms with Crippen molar-refractivity contribution in [2.24, 2.45) is 5.92 Å². The van der Waals surface area contributed by atoms with Crippen LogP contribution in [0.15, 0.2) is 30.5 Å². The first-order valence-electron chi connectivity index (χ1n) is 12.9. The molecular weight excluding hydrogens is 446 g/mol. The Labute approximate surface area is 206 Å². The normalized spacial score (nSPS) is 21.5. The van der Waals surface area contributed by atoms with Crippen molar-refractivity contribution in [2.45, 2.75) is 64.6 Å². The molecule has 2 atom stereocenters. The molecule has 3 aromatic rings. The van der Waals surface area contributed by atoms with Crippen molar-refractivity contribution in [3.05, 3.63) is 58.8 Å². The molecule has 5 rings (SSSR count). The fourth-order valence-corrected chi connectivity index (χ4v) is 5.82. The number of nitrogens with one attached hydrogen (secondary N) is 1. The number of ether oxygens (including phenoxy) is 1. The second kappa shape index (κ2) is 9.86. The highest BCUT2D eigenvalue weighted by atomic mass is 19.1. The number of halogens is 2. The van der Waals surface area contributed by atoms with E-state index in [1.807, 2.05) is 18.3 Å². The Kier molecular flexibility index (Phi) is 6.82. The largest absolute Gasteiger partial charge is 0.488 e. The maximum absolute atomic E-state index is 15.7. The van der Waals surface area contributed by atoms with E-state index in [1.54, 1.807) is 0 Å². The predicted molar refractivity (Wildman–Crippen MR) is 135 cm³/mol. The van der Waals surface area contributed by atoms with E-state index in [9.17, 15) is 0 Å². The average Bonchev–Trinajstić information content (AvgIpc) is 3.26. The molecule has 2 aromatic carbocycles. The van der Waals surface area contributed by atoms with Gasteiger partial charge in [-0.3, -0.25) is 14.9 Å². The molecule has 1 saturated heterocycles. The summed E-state index contributed by atoms with van der Waals surface area (Å²) < 4.78 is 37.4. The summed E-state index contributed by atoms with van der Waals surface area (Å²) in [6, 6.07) is 6.74. The first-order valence-corrected chi connectivity index (χ1v) is 12.9. The van der Waals surface area contributed by atoms with Crippen molar-refractivity contribution in [3.63, 3.8) is 0 Å². The second-order valence-corrected chi connectivity index (χ2v) is 10.7. The number of hydrogen-bond acceptors (Lipinski definition) is 4. The monoisotopic (exact) mass is 482 g/mol. The van der Waals surface area contributed by atoms with Crippen molar-refractivity contribution >= 4 is 10.9 Å². The standard InChI is InChI=1S/C28H36F2N4O/c1-5-6-9-34-14-19(15-34)35-18-11-23(29)28(24(30)12-18)27-20-7-8-25-21(13-31-32-25)22(20)16-33(4)26(27)10-17(2)3/h7-8,11-13,17,19,26-27H,5-6,9-10,14-16H2,1-4H3,(H,31,32)/t26-,27+/m0/s1. The molecule has 1 N–H and O–H groups in total. The zero-order chi connectivity index (χ0) is 24.7. The lowest BCUT2D eigenvalue weighted by molar-refractivity contribution is 0.0189. The van der Waals surface area contributed by atoms with Crippen LogP contribution < -0.4 is 4.74 Å². The minimum atomic E-state index is -0.533. The average molecular weight is 483 g/mol. The third-order valence-electron chi connectivity index (χ3n) is 7.60. The van der Waals surface area contributed by atoms with Crippen molar-refractivity contribution in [1.29, 1.82) is 0 Å². The molecule has 0 bridgehead atoms. The number of H-pyrrole nitrogens is 1. The molecule has 1 aromatic heterocycles. The van der Waals surface area contributed by atoms with Gasteiger partial charge in [0.05, 0.1) is 11.7 Å². The molecule has 0 amide bonds. The maximum Gasteiger partial charge on any atom is 0.133 e. The van der Waals surface area contributed by atoms with Gasteiger partial charge in [-0.2, -0.15) is 5.10 Å². The third kappa shape index (κ3) is 4.68. The van der Waals surface area contributed by atoms with Crippen LogP contribution in [-0.4, -0.2) is 58.8 Å². The number of likely N-dealkylation sites (N-methyl/N-ethyl adjacent to an activating group) is 1. The zero-order valence-corrected chi connectivity index (χ0v) is 21.2. The zero-order valence-electron chi connectivity index (χ0n) is 21.2. The summed E-state index contributed by atoms with van der Waals surface area (Å²) in [5.41, 5.74) is 3.15. The maximum atomic E-state index is 15.7. The molecule has 5 nitrogen and oxygen atoms in total. The molecule has 0 spiro atoms. The first-order chi connectivity index (χ1) is 16.9. The highest BCUT2D eigenvalue weighted by Crippen LogP contribution is 2.44. The van der Waals surface area contributed by atoms with Crippen molar-refractivity contribution in [1.82, 2.24) is 20.0 Å².